The van der Waals surface area contributed by atoms with Gasteiger partial charge < -0.3 is 15.8 Å². The summed E-state index contributed by atoms with van der Waals surface area (Å²) in [6.07, 6.45) is 4.33. The number of hydrogen-bond donors (Lipinski definition) is 2. The van der Waals surface area contributed by atoms with Crippen molar-refractivity contribution in [2.24, 2.45) is 5.73 Å². The molecule has 3 nitrogen and oxygen atoms in total. The zero-order chi connectivity index (χ0) is 9.16. The Kier molecular flexibility index (Phi) is 1.33. The lowest BCUT2D eigenvalue weighted by Gasteiger charge is -2.45. The second-order valence-electron chi connectivity index (χ2n) is 5.31. The van der Waals surface area contributed by atoms with Gasteiger partial charge in [-0.25, -0.2) is 0 Å². The molecule has 4 aliphatic rings. The first kappa shape index (κ1) is 8.21. The zero-order valence-electron chi connectivity index (χ0n) is 8.23. The Hall–Kier alpha value is -0.120. The van der Waals surface area contributed by atoms with E-state index < -0.39 is 0 Å². The highest BCUT2D eigenvalue weighted by molar-refractivity contribution is 5.25. The van der Waals surface area contributed by atoms with Crippen molar-refractivity contribution < 1.29 is 4.74 Å². The molecule has 3 N–H and O–H groups in total. The third-order valence-corrected chi connectivity index (χ3v) is 4.14. The number of nitrogens with two attached hydrogens (primary N) is 1. The second-order valence-corrected chi connectivity index (χ2v) is 5.31. The van der Waals surface area contributed by atoms with Crippen molar-refractivity contribution >= 4 is 0 Å². The van der Waals surface area contributed by atoms with Gasteiger partial charge in [0.15, 0.2) is 0 Å². The fourth-order valence-electron chi connectivity index (χ4n) is 3.68. The van der Waals surface area contributed by atoms with Crippen LogP contribution >= 0.6 is 0 Å². The van der Waals surface area contributed by atoms with Gasteiger partial charge in [0.2, 0.25) is 0 Å². The van der Waals surface area contributed by atoms with Gasteiger partial charge in [-0.2, -0.15) is 0 Å². The van der Waals surface area contributed by atoms with Crippen molar-refractivity contribution in [3.05, 3.63) is 0 Å². The standard InChI is InChI=1S/C10H18N2O/c1-8-6-9(11,7-8)10(13-8)2-4-12-5-3-10/h12H,2-7,11H2,1H3. The maximum atomic E-state index is 6.39. The Labute approximate surface area is 79.0 Å². The van der Waals surface area contributed by atoms with Crippen LogP contribution in [-0.4, -0.2) is 29.8 Å². The summed E-state index contributed by atoms with van der Waals surface area (Å²) in [6.45, 7) is 4.33. The predicted molar refractivity (Wildman–Crippen MR) is 50.5 cm³/mol. The molecule has 0 aromatic carbocycles. The van der Waals surface area contributed by atoms with Gasteiger partial charge in [-0.05, 0) is 45.7 Å². The summed E-state index contributed by atoms with van der Waals surface area (Å²) in [7, 11) is 0. The molecule has 0 amide bonds. The summed E-state index contributed by atoms with van der Waals surface area (Å²) in [5, 5.41) is 3.37. The van der Waals surface area contributed by atoms with Crippen molar-refractivity contribution in [1.29, 1.82) is 0 Å². The van der Waals surface area contributed by atoms with Gasteiger partial charge in [-0.1, -0.05) is 0 Å². The second kappa shape index (κ2) is 2.10. The molecular weight excluding hydrogens is 164 g/mol. The molecule has 0 unspecified atom stereocenters. The molecule has 4 rings (SSSR count). The average Bonchev–Trinajstić information content (AvgIpc) is 2.32. The first-order valence-corrected chi connectivity index (χ1v) is 5.28. The van der Waals surface area contributed by atoms with Crippen molar-refractivity contribution in [2.45, 2.75) is 49.3 Å². The summed E-state index contributed by atoms with van der Waals surface area (Å²) in [5.74, 6) is 0. The molecule has 3 heteroatoms. The van der Waals surface area contributed by atoms with E-state index in [1.807, 2.05) is 0 Å². The van der Waals surface area contributed by atoms with E-state index in [-0.39, 0.29) is 16.7 Å². The van der Waals surface area contributed by atoms with Crippen LogP contribution in [0.4, 0.5) is 0 Å². The molecule has 1 aliphatic carbocycles. The number of hydrogen-bond acceptors (Lipinski definition) is 3. The van der Waals surface area contributed by atoms with Gasteiger partial charge in [-0.15, -0.1) is 0 Å². The van der Waals surface area contributed by atoms with Crippen LogP contribution in [-0.2, 0) is 4.74 Å². The highest BCUT2D eigenvalue weighted by Crippen LogP contribution is 2.61. The van der Waals surface area contributed by atoms with Gasteiger partial charge in [0.05, 0.1) is 16.7 Å². The molecule has 0 atom stereocenters. The van der Waals surface area contributed by atoms with E-state index in [1.54, 1.807) is 0 Å². The third kappa shape index (κ3) is 0.853. The third-order valence-electron chi connectivity index (χ3n) is 4.14. The molecule has 2 bridgehead atoms. The lowest BCUT2D eigenvalue weighted by Crippen LogP contribution is -2.63. The van der Waals surface area contributed by atoms with Crippen LogP contribution in [0.25, 0.3) is 0 Å². The van der Waals surface area contributed by atoms with E-state index in [9.17, 15) is 0 Å². The summed E-state index contributed by atoms with van der Waals surface area (Å²) >= 11 is 0. The molecule has 3 saturated heterocycles. The fraction of sp³-hybridized carbons (Fsp3) is 1.00. The molecule has 13 heavy (non-hydrogen) atoms. The predicted octanol–water partition coefficient (Wildman–Crippen LogP) is 0.389. The molecule has 0 aromatic rings. The summed E-state index contributed by atoms with van der Waals surface area (Å²) in [5.41, 5.74) is 6.53. The topological polar surface area (TPSA) is 47.3 Å². The van der Waals surface area contributed by atoms with Crippen LogP contribution in [0.15, 0.2) is 0 Å². The van der Waals surface area contributed by atoms with Crippen LogP contribution in [0.5, 0.6) is 0 Å². The minimum absolute atomic E-state index is 0.00382. The molecule has 74 valence electrons. The monoisotopic (exact) mass is 182 g/mol. The van der Waals surface area contributed by atoms with Crippen LogP contribution in [0, 0.1) is 0 Å². The lowest BCUT2D eigenvalue weighted by molar-refractivity contribution is -0.0742. The largest absolute Gasteiger partial charge is 0.367 e. The van der Waals surface area contributed by atoms with Gasteiger partial charge in [-0.3, -0.25) is 0 Å². The number of nitrogens with one attached hydrogen (secondary N) is 1. The number of piperidine rings is 1. The van der Waals surface area contributed by atoms with Gasteiger partial charge in [0, 0.05) is 0 Å². The van der Waals surface area contributed by atoms with Crippen LogP contribution < -0.4 is 11.1 Å². The summed E-state index contributed by atoms with van der Waals surface area (Å²) in [4.78, 5) is 0. The van der Waals surface area contributed by atoms with Crippen LogP contribution in [0.3, 0.4) is 0 Å². The van der Waals surface area contributed by atoms with E-state index in [0.29, 0.717) is 0 Å². The van der Waals surface area contributed by atoms with E-state index in [1.165, 1.54) is 0 Å². The summed E-state index contributed by atoms with van der Waals surface area (Å²) < 4.78 is 6.19. The maximum absolute atomic E-state index is 6.39. The SMILES string of the molecule is CC12CC(N)(C1)C1(CCNCC1)O2. The quantitative estimate of drug-likeness (QED) is 0.569. The maximum Gasteiger partial charge on any atom is 0.0894 e. The van der Waals surface area contributed by atoms with E-state index in [2.05, 4.69) is 12.2 Å². The molecular formula is C10H18N2O. The molecule has 3 aliphatic heterocycles. The Morgan fingerprint density at radius 3 is 2.31 bits per heavy atom. The molecule has 0 radical (unpaired) electrons. The van der Waals surface area contributed by atoms with Crippen LogP contribution in [0.2, 0.25) is 0 Å². The molecule has 0 aromatic heterocycles. The first-order valence-electron chi connectivity index (χ1n) is 5.28. The van der Waals surface area contributed by atoms with Gasteiger partial charge >= 0.3 is 0 Å². The van der Waals surface area contributed by atoms with Gasteiger partial charge in [0.1, 0.15) is 0 Å². The van der Waals surface area contributed by atoms with E-state index in [4.69, 9.17) is 10.5 Å². The Morgan fingerprint density at radius 1 is 1.23 bits per heavy atom. The number of rotatable bonds is 0. The highest BCUT2D eigenvalue weighted by atomic mass is 16.5. The zero-order valence-corrected chi connectivity index (χ0v) is 8.23. The fourth-order valence-corrected chi connectivity index (χ4v) is 3.68. The normalized spacial score (nSPS) is 52.2. The van der Waals surface area contributed by atoms with E-state index in [0.717, 1.165) is 38.8 Å². The Balaban J connectivity index is 1.91. The summed E-state index contributed by atoms with van der Waals surface area (Å²) in [6, 6.07) is 0. The smallest absolute Gasteiger partial charge is 0.0894 e. The van der Waals surface area contributed by atoms with E-state index >= 15 is 0 Å². The van der Waals surface area contributed by atoms with Crippen molar-refractivity contribution in [2.75, 3.05) is 13.1 Å². The molecule has 3 heterocycles. The highest BCUT2D eigenvalue weighted by Gasteiger charge is 2.70. The van der Waals surface area contributed by atoms with Crippen molar-refractivity contribution in [1.82, 2.24) is 5.32 Å². The number of ether oxygens (including phenoxy) is 1. The Bertz CT molecular complexity index is 239. The lowest BCUT2D eigenvalue weighted by atomic mass is 9.61. The van der Waals surface area contributed by atoms with Crippen molar-refractivity contribution in [3.63, 3.8) is 0 Å². The molecule has 4 fully saturated rings. The molecule has 1 spiro atoms. The first-order chi connectivity index (χ1) is 6.08. The van der Waals surface area contributed by atoms with Crippen molar-refractivity contribution in [3.8, 4) is 0 Å². The minimum atomic E-state index is 0.00382. The minimum Gasteiger partial charge on any atom is -0.367 e. The Morgan fingerprint density at radius 2 is 1.85 bits per heavy atom. The van der Waals surface area contributed by atoms with Crippen LogP contribution in [0.1, 0.15) is 32.6 Å². The molecule has 1 saturated carbocycles. The van der Waals surface area contributed by atoms with Gasteiger partial charge in [0.25, 0.3) is 0 Å². The average molecular weight is 182 g/mol.